The van der Waals surface area contributed by atoms with Crippen LogP contribution in [0.4, 0.5) is 5.69 Å². The number of hydrogen-bond donors (Lipinski definition) is 2. The van der Waals surface area contributed by atoms with Crippen molar-refractivity contribution in [2.45, 2.75) is 6.92 Å². The maximum absolute atomic E-state index is 12.5. The van der Waals surface area contributed by atoms with E-state index in [1.165, 1.54) is 17.0 Å². The zero-order valence-electron chi connectivity index (χ0n) is 10.9. The Kier molecular flexibility index (Phi) is 4.29. The van der Waals surface area contributed by atoms with E-state index in [0.29, 0.717) is 16.7 Å². The molecule has 0 aliphatic carbocycles. The number of carbonyl (C=O) groups excluding carboxylic acids is 1. The zero-order chi connectivity index (χ0) is 14.7. The van der Waals surface area contributed by atoms with Crippen molar-refractivity contribution in [3.8, 4) is 11.5 Å². The van der Waals surface area contributed by atoms with E-state index in [4.69, 9.17) is 0 Å². The van der Waals surface area contributed by atoms with E-state index in [2.05, 4.69) is 15.9 Å². The van der Waals surface area contributed by atoms with Crippen molar-refractivity contribution in [2.24, 2.45) is 0 Å². The molecule has 2 N–H and O–H groups in total. The lowest BCUT2D eigenvalue weighted by Crippen LogP contribution is -2.30. The standard InChI is InChI=1S/C15H14BrNO3/c1-2-17(11-4-3-5-12(18)9-11)15(20)13-7-6-10(16)8-14(13)19/h3-9,18-19H,2H2,1H3. The van der Waals surface area contributed by atoms with Crippen LogP contribution in [0.15, 0.2) is 46.9 Å². The summed E-state index contributed by atoms with van der Waals surface area (Å²) in [5.74, 6) is -0.306. The normalized spacial score (nSPS) is 10.3. The Balaban J connectivity index is 2.39. The van der Waals surface area contributed by atoms with Crippen LogP contribution in [0.25, 0.3) is 0 Å². The van der Waals surface area contributed by atoms with Gasteiger partial charge in [-0.15, -0.1) is 0 Å². The van der Waals surface area contributed by atoms with Gasteiger partial charge in [-0.05, 0) is 37.3 Å². The van der Waals surface area contributed by atoms with Crippen LogP contribution in [-0.2, 0) is 0 Å². The zero-order valence-corrected chi connectivity index (χ0v) is 12.5. The lowest BCUT2D eigenvalue weighted by Gasteiger charge is -2.21. The van der Waals surface area contributed by atoms with E-state index < -0.39 is 0 Å². The predicted molar refractivity (Wildman–Crippen MR) is 81.3 cm³/mol. The fourth-order valence-corrected chi connectivity index (χ4v) is 2.28. The molecule has 0 aliphatic heterocycles. The molecule has 2 rings (SSSR count). The lowest BCUT2D eigenvalue weighted by atomic mass is 10.1. The Morgan fingerprint density at radius 3 is 2.55 bits per heavy atom. The third-order valence-corrected chi connectivity index (χ3v) is 3.39. The molecule has 0 fully saturated rings. The van der Waals surface area contributed by atoms with Crippen molar-refractivity contribution in [2.75, 3.05) is 11.4 Å². The number of halogens is 1. The van der Waals surface area contributed by atoms with E-state index in [0.717, 1.165) is 0 Å². The van der Waals surface area contributed by atoms with Gasteiger partial charge in [-0.25, -0.2) is 0 Å². The highest BCUT2D eigenvalue weighted by atomic mass is 79.9. The average Bonchev–Trinajstić information content (AvgIpc) is 2.39. The quantitative estimate of drug-likeness (QED) is 0.901. The van der Waals surface area contributed by atoms with Gasteiger partial charge in [0, 0.05) is 22.8 Å². The molecule has 0 atom stereocenters. The van der Waals surface area contributed by atoms with Crippen LogP contribution in [0.3, 0.4) is 0 Å². The second kappa shape index (κ2) is 5.96. The number of rotatable bonds is 3. The molecule has 0 saturated carbocycles. The average molecular weight is 336 g/mol. The van der Waals surface area contributed by atoms with Crippen LogP contribution < -0.4 is 4.90 Å². The number of benzene rings is 2. The summed E-state index contributed by atoms with van der Waals surface area (Å²) in [4.78, 5) is 14.0. The van der Waals surface area contributed by atoms with Gasteiger partial charge in [0.15, 0.2) is 0 Å². The van der Waals surface area contributed by atoms with Crippen molar-refractivity contribution in [1.82, 2.24) is 0 Å². The molecule has 1 amide bonds. The van der Waals surface area contributed by atoms with Gasteiger partial charge in [0.25, 0.3) is 5.91 Å². The molecule has 0 aliphatic rings. The van der Waals surface area contributed by atoms with E-state index in [1.54, 1.807) is 30.3 Å². The second-order valence-corrected chi connectivity index (χ2v) is 5.15. The number of carbonyl (C=O) groups is 1. The minimum Gasteiger partial charge on any atom is -0.508 e. The smallest absolute Gasteiger partial charge is 0.262 e. The van der Waals surface area contributed by atoms with Crippen LogP contribution in [0.5, 0.6) is 11.5 Å². The largest absolute Gasteiger partial charge is 0.508 e. The number of amides is 1. The number of phenols is 2. The van der Waals surface area contributed by atoms with Crippen LogP contribution in [-0.4, -0.2) is 22.7 Å². The van der Waals surface area contributed by atoms with Gasteiger partial charge < -0.3 is 15.1 Å². The fraction of sp³-hybridized carbons (Fsp3) is 0.133. The molecule has 0 spiro atoms. The maximum atomic E-state index is 12.5. The summed E-state index contributed by atoms with van der Waals surface area (Å²) in [5.41, 5.74) is 0.804. The Bertz CT molecular complexity index is 643. The minimum atomic E-state index is -0.317. The summed E-state index contributed by atoms with van der Waals surface area (Å²) in [5, 5.41) is 19.4. The van der Waals surface area contributed by atoms with Crippen molar-refractivity contribution < 1.29 is 15.0 Å². The van der Waals surface area contributed by atoms with Gasteiger partial charge in [-0.3, -0.25) is 4.79 Å². The molecule has 2 aromatic carbocycles. The van der Waals surface area contributed by atoms with Crippen molar-refractivity contribution in [3.05, 3.63) is 52.5 Å². The molecule has 0 heterocycles. The first kappa shape index (κ1) is 14.4. The van der Waals surface area contributed by atoms with Crippen molar-refractivity contribution in [1.29, 1.82) is 0 Å². The van der Waals surface area contributed by atoms with Gasteiger partial charge in [-0.1, -0.05) is 22.0 Å². The predicted octanol–water partition coefficient (Wildman–Crippen LogP) is 3.53. The third kappa shape index (κ3) is 2.93. The third-order valence-electron chi connectivity index (χ3n) is 2.89. The minimum absolute atomic E-state index is 0.0806. The Morgan fingerprint density at radius 1 is 1.20 bits per heavy atom. The molecule has 20 heavy (non-hydrogen) atoms. The molecule has 4 nitrogen and oxygen atoms in total. The summed E-state index contributed by atoms with van der Waals surface area (Å²) in [6.07, 6.45) is 0. The molecule has 2 aromatic rings. The summed E-state index contributed by atoms with van der Waals surface area (Å²) < 4.78 is 0.701. The Morgan fingerprint density at radius 2 is 1.95 bits per heavy atom. The lowest BCUT2D eigenvalue weighted by molar-refractivity contribution is 0.0985. The van der Waals surface area contributed by atoms with E-state index >= 15 is 0 Å². The highest BCUT2D eigenvalue weighted by molar-refractivity contribution is 9.10. The SMILES string of the molecule is CCN(C(=O)c1ccc(Br)cc1O)c1cccc(O)c1. The monoisotopic (exact) mass is 335 g/mol. The molecule has 104 valence electrons. The molecule has 0 radical (unpaired) electrons. The van der Waals surface area contributed by atoms with Gasteiger partial charge in [0.05, 0.1) is 5.56 Å². The first-order chi connectivity index (χ1) is 9.52. The van der Waals surface area contributed by atoms with Gasteiger partial charge >= 0.3 is 0 Å². The van der Waals surface area contributed by atoms with E-state index in [-0.39, 0.29) is 23.0 Å². The van der Waals surface area contributed by atoms with E-state index in [1.807, 2.05) is 6.92 Å². The molecule has 0 bridgehead atoms. The molecule has 0 unspecified atom stereocenters. The Labute approximate surface area is 125 Å². The summed E-state index contributed by atoms with van der Waals surface area (Å²) in [6.45, 7) is 2.26. The van der Waals surface area contributed by atoms with Gasteiger partial charge in [0.1, 0.15) is 11.5 Å². The molecule has 0 aromatic heterocycles. The number of aromatic hydroxyl groups is 2. The fourth-order valence-electron chi connectivity index (χ4n) is 1.94. The molecular weight excluding hydrogens is 322 g/mol. The van der Waals surface area contributed by atoms with Crippen molar-refractivity contribution in [3.63, 3.8) is 0 Å². The highest BCUT2D eigenvalue weighted by Crippen LogP contribution is 2.27. The summed E-state index contributed by atoms with van der Waals surface area (Å²) in [7, 11) is 0. The number of anilines is 1. The van der Waals surface area contributed by atoms with Crippen LogP contribution >= 0.6 is 15.9 Å². The topological polar surface area (TPSA) is 60.8 Å². The van der Waals surface area contributed by atoms with E-state index in [9.17, 15) is 15.0 Å². The molecule has 5 heteroatoms. The first-order valence-corrected chi connectivity index (χ1v) is 6.91. The summed E-state index contributed by atoms with van der Waals surface area (Å²) >= 11 is 3.24. The first-order valence-electron chi connectivity index (χ1n) is 6.12. The van der Waals surface area contributed by atoms with Crippen LogP contribution in [0, 0.1) is 0 Å². The molecular formula is C15H14BrNO3. The molecule has 0 saturated heterocycles. The summed E-state index contributed by atoms with van der Waals surface area (Å²) in [6, 6.07) is 11.2. The van der Waals surface area contributed by atoms with Gasteiger partial charge in [0.2, 0.25) is 0 Å². The van der Waals surface area contributed by atoms with Crippen LogP contribution in [0.1, 0.15) is 17.3 Å². The van der Waals surface area contributed by atoms with Crippen LogP contribution in [0.2, 0.25) is 0 Å². The maximum Gasteiger partial charge on any atom is 0.262 e. The van der Waals surface area contributed by atoms with Crippen molar-refractivity contribution >= 4 is 27.5 Å². The number of hydrogen-bond acceptors (Lipinski definition) is 3. The highest BCUT2D eigenvalue weighted by Gasteiger charge is 2.19. The van der Waals surface area contributed by atoms with Gasteiger partial charge in [-0.2, -0.15) is 0 Å². The number of nitrogens with zero attached hydrogens (tertiary/aromatic N) is 1. The second-order valence-electron chi connectivity index (χ2n) is 4.23. The number of phenolic OH excluding ortho intramolecular Hbond substituents is 2. The Hall–Kier alpha value is -2.01.